The molecule has 0 saturated carbocycles. The summed E-state index contributed by atoms with van der Waals surface area (Å²) in [5, 5.41) is 12.7. The van der Waals surface area contributed by atoms with Crippen molar-refractivity contribution in [2.24, 2.45) is 5.11 Å². The summed E-state index contributed by atoms with van der Waals surface area (Å²) in [5.41, 5.74) is 8.55. The van der Waals surface area contributed by atoms with E-state index in [9.17, 15) is 9.50 Å². The number of nitrogens with zero attached hydrogens (tertiary/aromatic N) is 3. The van der Waals surface area contributed by atoms with Gasteiger partial charge in [-0.2, -0.15) is 0 Å². The molecule has 0 aromatic heterocycles. The maximum Gasteiger partial charge on any atom is 0.124 e. The first-order chi connectivity index (χ1) is 6.65. The third-order valence-corrected chi connectivity index (χ3v) is 2.33. The number of hydrogen-bond acceptors (Lipinski definition) is 2. The molecule has 4 nitrogen and oxygen atoms in total. The Bertz CT molecular complexity index is 379. The predicted octanol–water partition coefficient (Wildman–Crippen LogP) is 2.93. The van der Waals surface area contributed by atoms with Gasteiger partial charge in [-0.25, -0.2) is 4.39 Å². The molecule has 0 amide bonds. The fourth-order valence-electron chi connectivity index (χ4n) is 0.984. The summed E-state index contributed by atoms with van der Waals surface area (Å²) in [5.74, 6) is -0.392. The van der Waals surface area contributed by atoms with Gasteiger partial charge in [0, 0.05) is 9.38 Å². The number of benzene rings is 1. The zero-order valence-electron chi connectivity index (χ0n) is 7.06. The summed E-state index contributed by atoms with van der Waals surface area (Å²) in [6, 6.07) is 3.92. The molecule has 6 heteroatoms. The van der Waals surface area contributed by atoms with Gasteiger partial charge >= 0.3 is 0 Å². The molecular formula is C8H7BrFN3O. The molecule has 1 N–H and O–H groups in total. The minimum Gasteiger partial charge on any atom is -0.388 e. The molecule has 0 heterocycles. The van der Waals surface area contributed by atoms with Crippen LogP contribution in [0.2, 0.25) is 0 Å². The fraction of sp³-hybridized carbons (Fsp3) is 0.250. The molecule has 14 heavy (non-hydrogen) atoms. The first kappa shape index (κ1) is 11.0. The van der Waals surface area contributed by atoms with Crippen LogP contribution in [-0.4, -0.2) is 11.7 Å². The van der Waals surface area contributed by atoms with E-state index in [0.29, 0.717) is 10.0 Å². The monoisotopic (exact) mass is 259 g/mol. The van der Waals surface area contributed by atoms with Gasteiger partial charge in [0.2, 0.25) is 0 Å². The van der Waals surface area contributed by atoms with E-state index >= 15 is 0 Å². The van der Waals surface area contributed by atoms with Crippen LogP contribution in [0.5, 0.6) is 0 Å². The molecule has 1 atom stereocenters. The van der Waals surface area contributed by atoms with Gasteiger partial charge in [0.15, 0.2) is 0 Å². The Kier molecular flexibility index (Phi) is 3.88. The molecule has 1 rings (SSSR count). The van der Waals surface area contributed by atoms with Crippen molar-refractivity contribution in [2.45, 2.75) is 6.10 Å². The lowest BCUT2D eigenvalue weighted by molar-refractivity contribution is 0.186. The second-order valence-electron chi connectivity index (χ2n) is 2.60. The first-order valence-electron chi connectivity index (χ1n) is 3.79. The third-order valence-electron chi connectivity index (χ3n) is 1.64. The van der Waals surface area contributed by atoms with Crippen molar-refractivity contribution in [3.63, 3.8) is 0 Å². The Hall–Kier alpha value is -1.10. The van der Waals surface area contributed by atoms with E-state index in [4.69, 9.17) is 5.53 Å². The number of hydrogen-bond donors (Lipinski definition) is 1. The van der Waals surface area contributed by atoms with Crippen LogP contribution in [0.3, 0.4) is 0 Å². The van der Waals surface area contributed by atoms with Gasteiger partial charge in [-0.3, -0.25) is 0 Å². The van der Waals surface area contributed by atoms with Crippen molar-refractivity contribution < 1.29 is 9.50 Å². The maximum atomic E-state index is 12.7. The van der Waals surface area contributed by atoms with Crippen LogP contribution in [0, 0.1) is 5.82 Å². The van der Waals surface area contributed by atoms with Crippen LogP contribution in [0.1, 0.15) is 11.7 Å². The Morgan fingerprint density at radius 1 is 1.64 bits per heavy atom. The number of aliphatic hydroxyl groups is 1. The Labute approximate surface area is 88.1 Å². The highest BCUT2D eigenvalue weighted by Gasteiger charge is 2.10. The highest BCUT2D eigenvalue weighted by Crippen LogP contribution is 2.24. The number of rotatable bonds is 3. The van der Waals surface area contributed by atoms with Gasteiger partial charge in [-0.1, -0.05) is 27.1 Å². The quantitative estimate of drug-likeness (QED) is 0.506. The Morgan fingerprint density at radius 3 is 2.93 bits per heavy atom. The molecule has 0 unspecified atom stereocenters. The molecule has 0 aliphatic heterocycles. The summed E-state index contributed by atoms with van der Waals surface area (Å²) in [6.07, 6.45) is -0.916. The average Bonchev–Trinajstić information content (AvgIpc) is 2.14. The molecule has 0 saturated heterocycles. The minimum absolute atomic E-state index is 0.0687. The van der Waals surface area contributed by atoms with Crippen LogP contribution in [0.4, 0.5) is 4.39 Å². The van der Waals surface area contributed by atoms with E-state index in [0.717, 1.165) is 0 Å². The van der Waals surface area contributed by atoms with Crippen molar-refractivity contribution in [3.8, 4) is 0 Å². The maximum absolute atomic E-state index is 12.7. The van der Waals surface area contributed by atoms with Crippen LogP contribution in [0.25, 0.3) is 10.4 Å². The number of halogens is 2. The van der Waals surface area contributed by atoms with E-state index in [1.807, 2.05) is 0 Å². The fourth-order valence-corrected chi connectivity index (χ4v) is 1.60. The van der Waals surface area contributed by atoms with Crippen molar-refractivity contribution in [3.05, 3.63) is 44.5 Å². The first-order valence-corrected chi connectivity index (χ1v) is 4.58. The molecule has 0 radical (unpaired) electrons. The van der Waals surface area contributed by atoms with Crippen LogP contribution < -0.4 is 0 Å². The molecule has 1 aromatic carbocycles. The lowest BCUT2D eigenvalue weighted by atomic mass is 10.1. The third kappa shape index (κ3) is 2.70. The van der Waals surface area contributed by atoms with Gasteiger partial charge < -0.3 is 5.11 Å². The highest BCUT2D eigenvalue weighted by atomic mass is 79.9. The second-order valence-corrected chi connectivity index (χ2v) is 3.45. The highest BCUT2D eigenvalue weighted by molar-refractivity contribution is 9.10. The van der Waals surface area contributed by atoms with Gasteiger partial charge in [0.1, 0.15) is 5.82 Å². The summed E-state index contributed by atoms with van der Waals surface area (Å²) in [7, 11) is 0. The topological polar surface area (TPSA) is 69.0 Å². The minimum atomic E-state index is -0.916. The number of aliphatic hydroxyl groups excluding tert-OH is 1. The molecule has 1 aromatic rings. The van der Waals surface area contributed by atoms with Gasteiger partial charge in [-0.05, 0) is 23.2 Å². The molecule has 74 valence electrons. The standard InChI is InChI=1S/C8H7BrFN3O/c9-7-3-5(10)1-2-6(7)8(14)4-12-13-11/h1-3,8,14H,4H2/t8-/m1/s1. The van der Waals surface area contributed by atoms with E-state index < -0.39 is 11.9 Å². The zero-order valence-corrected chi connectivity index (χ0v) is 8.65. The molecule has 0 aliphatic rings. The summed E-state index contributed by atoms with van der Waals surface area (Å²) < 4.78 is 13.1. The molecule has 0 fully saturated rings. The number of azide groups is 1. The van der Waals surface area contributed by atoms with Crippen molar-refractivity contribution in [2.75, 3.05) is 6.54 Å². The normalized spacial score (nSPS) is 11.9. The van der Waals surface area contributed by atoms with E-state index in [1.54, 1.807) is 0 Å². The van der Waals surface area contributed by atoms with Crippen LogP contribution in [0.15, 0.2) is 27.8 Å². The molecular weight excluding hydrogens is 253 g/mol. The van der Waals surface area contributed by atoms with Gasteiger partial charge in [0.05, 0.1) is 12.6 Å². The summed E-state index contributed by atoms with van der Waals surface area (Å²) in [4.78, 5) is 2.52. The smallest absolute Gasteiger partial charge is 0.124 e. The van der Waals surface area contributed by atoms with Crippen molar-refractivity contribution in [1.29, 1.82) is 0 Å². The molecule has 0 bridgehead atoms. The predicted molar refractivity (Wildman–Crippen MR) is 53.1 cm³/mol. The molecule has 0 aliphatic carbocycles. The summed E-state index contributed by atoms with van der Waals surface area (Å²) in [6.45, 7) is -0.0687. The lowest BCUT2D eigenvalue weighted by Crippen LogP contribution is -2.01. The largest absolute Gasteiger partial charge is 0.388 e. The second kappa shape index (κ2) is 4.95. The average molecular weight is 260 g/mol. The van der Waals surface area contributed by atoms with Gasteiger partial charge in [0.25, 0.3) is 0 Å². The van der Waals surface area contributed by atoms with E-state index in [1.165, 1.54) is 18.2 Å². The molecule has 0 spiro atoms. The van der Waals surface area contributed by atoms with E-state index in [-0.39, 0.29) is 6.54 Å². The summed E-state index contributed by atoms with van der Waals surface area (Å²) >= 11 is 3.10. The zero-order chi connectivity index (χ0) is 10.6. The van der Waals surface area contributed by atoms with Crippen molar-refractivity contribution in [1.82, 2.24) is 0 Å². The van der Waals surface area contributed by atoms with Crippen molar-refractivity contribution >= 4 is 15.9 Å². The lowest BCUT2D eigenvalue weighted by Gasteiger charge is -2.09. The van der Waals surface area contributed by atoms with Gasteiger partial charge in [-0.15, -0.1) is 0 Å². The SMILES string of the molecule is [N-]=[N+]=NC[C@@H](O)c1ccc(F)cc1Br. The van der Waals surface area contributed by atoms with Crippen LogP contribution >= 0.6 is 15.9 Å². The van der Waals surface area contributed by atoms with Crippen LogP contribution in [-0.2, 0) is 0 Å². The Morgan fingerprint density at radius 2 is 2.36 bits per heavy atom. The van der Waals surface area contributed by atoms with E-state index in [2.05, 4.69) is 26.0 Å². The Balaban J connectivity index is 2.89.